The molecule has 1 aromatic carbocycles. The van der Waals surface area contributed by atoms with Crippen LogP contribution in [-0.4, -0.2) is 34.0 Å². The zero-order valence-corrected chi connectivity index (χ0v) is 12.4. The quantitative estimate of drug-likeness (QED) is 0.722. The van der Waals surface area contributed by atoms with Crippen molar-refractivity contribution < 1.29 is 13.2 Å². The largest absolute Gasteiger partial charge is 0.352 e. The number of hydrogen-bond donors (Lipinski definition) is 3. The number of hydrogen-bond acceptors (Lipinski definition) is 4. The van der Waals surface area contributed by atoms with Crippen LogP contribution in [0.2, 0.25) is 0 Å². The number of nitrogens with one attached hydrogen (secondary N) is 2. The first-order chi connectivity index (χ1) is 9.29. The summed E-state index contributed by atoms with van der Waals surface area (Å²) in [4.78, 5) is 12.1. The van der Waals surface area contributed by atoms with Crippen LogP contribution in [0.15, 0.2) is 17.0 Å². The standard InChI is InChI=1S/C13H19N3O3S/c1-8-3-11(4-12(9(8)2)20(14,18)19)13(17)16-7-10-5-15-6-10/h3-4,10,15H,5-7H2,1-2H3,(H,16,17)(H2,14,18,19). The average Bonchev–Trinajstić information content (AvgIpc) is 2.28. The van der Waals surface area contributed by atoms with Crippen LogP contribution in [0.4, 0.5) is 0 Å². The SMILES string of the molecule is Cc1cc(C(=O)NCC2CNC2)cc(S(N)(=O)=O)c1C. The summed E-state index contributed by atoms with van der Waals surface area (Å²) in [5.41, 5.74) is 1.63. The van der Waals surface area contributed by atoms with Crippen LogP contribution in [0.5, 0.6) is 0 Å². The Morgan fingerprint density at radius 3 is 2.55 bits per heavy atom. The first-order valence-electron chi connectivity index (χ1n) is 6.42. The minimum absolute atomic E-state index is 0.00737. The molecule has 1 aliphatic rings. The molecule has 0 aromatic heterocycles. The van der Waals surface area contributed by atoms with Gasteiger partial charge in [0.15, 0.2) is 0 Å². The van der Waals surface area contributed by atoms with Gasteiger partial charge in [-0.05, 0) is 37.1 Å². The van der Waals surface area contributed by atoms with Gasteiger partial charge in [0, 0.05) is 31.1 Å². The molecule has 6 nitrogen and oxygen atoms in total. The van der Waals surface area contributed by atoms with Crippen molar-refractivity contribution in [3.05, 3.63) is 28.8 Å². The van der Waals surface area contributed by atoms with E-state index < -0.39 is 10.0 Å². The molecule has 1 fully saturated rings. The Labute approximate surface area is 118 Å². The van der Waals surface area contributed by atoms with Crippen molar-refractivity contribution in [2.75, 3.05) is 19.6 Å². The molecule has 20 heavy (non-hydrogen) atoms. The molecule has 0 atom stereocenters. The second-order valence-electron chi connectivity index (χ2n) is 5.20. The van der Waals surface area contributed by atoms with Gasteiger partial charge < -0.3 is 10.6 Å². The van der Waals surface area contributed by atoms with Crippen molar-refractivity contribution in [2.24, 2.45) is 11.1 Å². The lowest BCUT2D eigenvalue weighted by atomic mass is 10.0. The van der Waals surface area contributed by atoms with Gasteiger partial charge in [-0.25, -0.2) is 13.6 Å². The third kappa shape index (κ3) is 3.17. The summed E-state index contributed by atoms with van der Waals surface area (Å²) in [6, 6.07) is 3.02. The van der Waals surface area contributed by atoms with Gasteiger partial charge in [-0.1, -0.05) is 0 Å². The van der Waals surface area contributed by atoms with Gasteiger partial charge in [-0.2, -0.15) is 0 Å². The van der Waals surface area contributed by atoms with Crippen molar-refractivity contribution in [2.45, 2.75) is 18.7 Å². The summed E-state index contributed by atoms with van der Waals surface area (Å²) in [5.74, 6) is 0.174. The zero-order chi connectivity index (χ0) is 14.9. The number of rotatable bonds is 4. The van der Waals surface area contributed by atoms with Gasteiger partial charge in [0.2, 0.25) is 10.0 Å². The predicted octanol–water partition coefficient (Wildman–Crippen LogP) is -0.1000. The molecule has 0 saturated carbocycles. The monoisotopic (exact) mass is 297 g/mol. The summed E-state index contributed by atoms with van der Waals surface area (Å²) in [5, 5.41) is 11.1. The summed E-state index contributed by atoms with van der Waals surface area (Å²) >= 11 is 0. The number of carbonyl (C=O) groups is 1. The normalized spacial score (nSPS) is 15.8. The Hall–Kier alpha value is -1.44. The molecule has 1 aromatic rings. The van der Waals surface area contributed by atoms with E-state index in [1.54, 1.807) is 19.9 Å². The number of amides is 1. The van der Waals surface area contributed by atoms with Crippen molar-refractivity contribution in [1.29, 1.82) is 0 Å². The number of aryl methyl sites for hydroxylation is 1. The molecule has 1 saturated heterocycles. The maximum Gasteiger partial charge on any atom is 0.251 e. The van der Waals surface area contributed by atoms with E-state index in [0.717, 1.165) is 18.7 Å². The van der Waals surface area contributed by atoms with Crippen molar-refractivity contribution in [3.8, 4) is 0 Å². The van der Waals surface area contributed by atoms with Gasteiger partial charge in [0.25, 0.3) is 5.91 Å². The Kier molecular flexibility index (Phi) is 4.12. The first-order valence-corrected chi connectivity index (χ1v) is 7.96. The Morgan fingerprint density at radius 1 is 1.40 bits per heavy atom. The van der Waals surface area contributed by atoms with Crippen molar-refractivity contribution in [3.63, 3.8) is 0 Å². The maximum absolute atomic E-state index is 12.1. The number of sulfonamides is 1. The highest BCUT2D eigenvalue weighted by Gasteiger charge is 2.20. The van der Waals surface area contributed by atoms with Gasteiger partial charge in [0.1, 0.15) is 0 Å². The third-order valence-electron chi connectivity index (χ3n) is 3.61. The number of nitrogens with two attached hydrogens (primary N) is 1. The summed E-state index contributed by atoms with van der Waals surface area (Å²) in [6.45, 7) is 5.82. The van der Waals surface area contributed by atoms with Crippen LogP contribution in [0.1, 0.15) is 21.5 Å². The van der Waals surface area contributed by atoms with Crippen LogP contribution < -0.4 is 15.8 Å². The van der Waals surface area contributed by atoms with Crippen molar-refractivity contribution >= 4 is 15.9 Å². The van der Waals surface area contributed by atoms with E-state index >= 15 is 0 Å². The van der Waals surface area contributed by atoms with E-state index in [1.807, 2.05) is 0 Å². The third-order valence-corrected chi connectivity index (χ3v) is 4.64. The molecule has 0 spiro atoms. The van der Waals surface area contributed by atoms with E-state index in [4.69, 9.17) is 5.14 Å². The molecule has 0 aliphatic carbocycles. The maximum atomic E-state index is 12.1. The van der Waals surface area contributed by atoms with Gasteiger partial charge in [-0.15, -0.1) is 0 Å². The fourth-order valence-electron chi connectivity index (χ4n) is 2.09. The number of carbonyl (C=O) groups excluding carboxylic acids is 1. The minimum atomic E-state index is -3.83. The molecule has 1 heterocycles. The molecular formula is C13H19N3O3S. The van der Waals surface area contributed by atoms with Crippen molar-refractivity contribution in [1.82, 2.24) is 10.6 Å². The molecule has 4 N–H and O–H groups in total. The molecule has 110 valence electrons. The highest BCUT2D eigenvalue weighted by Crippen LogP contribution is 2.20. The smallest absolute Gasteiger partial charge is 0.251 e. The van der Waals surface area contributed by atoms with Crippen LogP contribution in [-0.2, 0) is 10.0 Å². The second kappa shape index (κ2) is 5.51. The molecule has 0 radical (unpaired) electrons. The van der Waals surface area contributed by atoms with E-state index in [9.17, 15) is 13.2 Å². The lowest BCUT2D eigenvalue weighted by Gasteiger charge is -2.27. The molecule has 2 rings (SSSR count). The van der Waals surface area contributed by atoms with E-state index in [2.05, 4.69) is 10.6 Å². The lowest BCUT2D eigenvalue weighted by molar-refractivity contribution is 0.0942. The van der Waals surface area contributed by atoms with E-state index in [1.165, 1.54) is 6.07 Å². The number of benzene rings is 1. The van der Waals surface area contributed by atoms with Crippen LogP contribution in [0.25, 0.3) is 0 Å². The van der Waals surface area contributed by atoms with Gasteiger partial charge in [-0.3, -0.25) is 4.79 Å². The molecule has 1 amide bonds. The molecule has 0 unspecified atom stereocenters. The fourth-order valence-corrected chi connectivity index (χ4v) is 2.96. The average molecular weight is 297 g/mol. The minimum Gasteiger partial charge on any atom is -0.352 e. The molecular weight excluding hydrogens is 278 g/mol. The number of primary sulfonamides is 1. The Morgan fingerprint density at radius 2 is 2.05 bits per heavy atom. The zero-order valence-electron chi connectivity index (χ0n) is 11.6. The van der Waals surface area contributed by atoms with Gasteiger partial charge in [0.05, 0.1) is 4.90 Å². The summed E-state index contributed by atoms with van der Waals surface area (Å²) in [6.07, 6.45) is 0. The Bertz CT molecular complexity index is 637. The second-order valence-corrected chi connectivity index (χ2v) is 6.73. The van der Waals surface area contributed by atoms with Crippen LogP contribution >= 0.6 is 0 Å². The Balaban J connectivity index is 2.23. The van der Waals surface area contributed by atoms with E-state index in [-0.39, 0.29) is 10.8 Å². The highest BCUT2D eigenvalue weighted by molar-refractivity contribution is 7.89. The molecule has 1 aliphatic heterocycles. The highest BCUT2D eigenvalue weighted by atomic mass is 32.2. The topological polar surface area (TPSA) is 101 Å². The first kappa shape index (κ1) is 15.0. The van der Waals surface area contributed by atoms with Crippen LogP contribution in [0, 0.1) is 19.8 Å². The fraction of sp³-hybridized carbons (Fsp3) is 0.462. The molecule has 0 bridgehead atoms. The van der Waals surface area contributed by atoms with E-state index in [0.29, 0.717) is 23.6 Å². The van der Waals surface area contributed by atoms with Crippen LogP contribution in [0.3, 0.4) is 0 Å². The summed E-state index contributed by atoms with van der Waals surface area (Å²) < 4.78 is 23.1. The lowest BCUT2D eigenvalue weighted by Crippen LogP contribution is -2.48. The summed E-state index contributed by atoms with van der Waals surface area (Å²) in [7, 11) is -3.83. The predicted molar refractivity (Wildman–Crippen MR) is 76.0 cm³/mol. The molecule has 7 heteroatoms. The van der Waals surface area contributed by atoms with Gasteiger partial charge >= 0.3 is 0 Å².